The number of halogens is 4. The summed E-state index contributed by atoms with van der Waals surface area (Å²) in [7, 11) is 2.93. The molecule has 0 saturated carbocycles. The molecule has 1 N–H and O–H groups in total. The number of nitrogens with zero attached hydrogens (tertiary/aromatic N) is 5. The molecule has 1 aliphatic heterocycles. The van der Waals surface area contributed by atoms with Crippen LogP contribution < -0.4 is 15.2 Å². The summed E-state index contributed by atoms with van der Waals surface area (Å²) in [6.07, 6.45) is 2.74. The van der Waals surface area contributed by atoms with Crippen LogP contribution in [0.3, 0.4) is 0 Å². The van der Waals surface area contributed by atoms with Crippen LogP contribution in [0, 0.1) is 11.6 Å². The first-order chi connectivity index (χ1) is 22.5. The maximum atomic E-state index is 15.9. The molecule has 48 heavy (non-hydrogen) atoms. The Morgan fingerprint density at radius 3 is 2.50 bits per heavy atom. The molecule has 0 radical (unpaired) electrons. The van der Waals surface area contributed by atoms with Crippen molar-refractivity contribution in [3.05, 3.63) is 58.1 Å². The van der Waals surface area contributed by atoms with Gasteiger partial charge in [0, 0.05) is 62.8 Å². The second-order valence-electron chi connectivity index (χ2n) is 12.7. The number of carbonyl (C=O) groups is 2. The third-order valence-electron chi connectivity index (χ3n) is 8.08. The zero-order valence-electron chi connectivity index (χ0n) is 27.0. The number of aromatic nitrogens is 4. The number of hydrogen-bond donors (Lipinski definition) is 1. The molecule has 1 aliphatic rings. The topological polar surface area (TPSA) is 123 Å². The average molecular weight is 669 g/mol. The third-order valence-corrected chi connectivity index (χ3v) is 8.08. The lowest BCUT2D eigenvalue weighted by Gasteiger charge is -2.25. The Kier molecular flexibility index (Phi) is 7.83. The minimum atomic E-state index is -3.09. The molecule has 1 aromatic carbocycles. The number of rotatable bonds is 5. The molecule has 252 valence electrons. The van der Waals surface area contributed by atoms with E-state index in [2.05, 4.69) is 15.0 Å². The number of anilines is 2. The highest BCUT2D eigenvalue weighted by Gasteiger charge is 2.40. The number of H-pyrrole nitrogens is 1. The molecular weight excluding hydrogens is 636 g/mol. The molecule has 4 aromatic heterocycles. The summed E-state index contributed by atoms with van der Waals surface area (Å²) in [5.74, 6) is -6.48. The minimum absolute atomic E-state index is 0.00990. The number of amides is 1. The SMILES string of the molecule is CCOC(=O)c1cn(C)c2ncc(-c3cnc4[nH]c5c(N(C)C(=O)OC(C)(C)C)cc(F)c(F)c5c4c3N3CCC(F)(F)C3)cc2c1=O. The van der Waals surface area contributed by atoms with E-state index in [0.717, 1.165) is 11.0 Å². The van der Waals surface area contributed by atoms with Gasteiger partial charge >= 0.3 is 12.1 Å². The van der Waals surface area contributed by atoms with Crippen molar-refractivity contribution in [1.82, 2.24) is 19.5 Å². The van der Waals surface area contributed by atoms with Crippen molar-refractivity contribution in [2.24, 2.45) is 7.05 Å². The summed E-state index contributed by atoms with van der Waals surface area (Å²) in [5.41, 5.74) is -1.05. The van der Waals surface area contributed by atoms with Crippen LogP contribution in [0.5, 0.6) is 0 Å². The zero-order valence-corrected chi connectivity index (χ0v) is 27.0. The average Bonchev–Trinajstić information content (AvgIpc) is 3.58. The summed E-state index contributed by atoms with van der Waals surface area (Å²) in [5, 5.41) is -0.288. The molecule has 5 aromatic rings. The Balaban J connectivity index is 1.65. The number of nitrogens with one attached hydrogen (secondary N) is 1. The Labute approximate surface area is 271 Å². The molecule has 6 rings (SSSR count). The molecule has 1 amide bonds. The standard InChI is InChI=1S/C33H32F4N6O5/c1-7-47-30(45)19-14-41(5)29-17(27(19)44)10-16(12-39-29)18-13-38-28-23(26(18)43-9-8-33(36,37)15-43)22-24(35)20(34)11-21(25(22)40-28)42(6)31(46)48-32(2,3)4/h10-14H,7-9,15H2,1-6H3,(H,38,40). The predicted octanol–water partition coefficient (Wildman–Crippen LogP) is 6.30. The van der Waals surface area contributed by atoms with Crippen LogP contribution in [0.1, 0.15) is 44.5 Å². The highest BCUT2D eigenvalue weighted by molar-refractivity contribution is 6.19. The second-order valence-corrected chi connectivity index (χ2v) is 12.7. The fourth-order valence-corrected chi connectivity index (χ4v) is 5.95. The van der Waals surface area contributed by atoms with Crippen molar-refractivity contribution in [1.29, 1.82) is 0 Å². The van der Waals surface area contributed by atoms with Crippen LogP contribution in [-0.4, -0.2) is 69.8 Å². The van der Waals surface area contributed by atoms with Gasteiger partial charge in [-0.3, -0.25) is 9.69 Å². The molecule has 11 nitrogen and oxygen atoms in total. The maximum absolute atomic E-state index is 15.9. The molecule has 1 fully saturated rings. The van der Waals surface area contributed by atoms with Crippen LogP contribution in [-0.2, 0) is 16.5 Å². The van der Waals surface area contributed by atoms with Gasteiger partial charge in [0.1, 0.15) is 22.5 Å². The van der Waals surface area contributed by atoms with Gasteiger partial charge in [0.2, 0.25) is 5.43 Å². The zero-order chi connectivity index (χ0) is 34.9. The monoisotopic (exact) mass is 668 g/mol. The van der Waals surface area contributed by atoms with E-state index in [0.29, 0.717) is 0 Å². The van der Waals surface area contributed by atoms with E-state index in [1.807, 2.05) is 0 Å². The van der Waals surface area contributed by atoms with Crippen molar-refractivity contribution in [3.8, 4) is 11.1 Å². The van der Waals surface area contributed by atoms with E-state index >= 15 is 8.78 Å². The maximum Gasteiger partial charge on any atom is 0.414 e. The van der Waals surface area contributed by atoms with Gasteiger partial charge in [-0.05, 0) is 33.8 Å². The Bertz CT molecular complexity index is 2210. The Morgan fingerprint density at radius 1 is 1.12 bits per heavy atom. The fraction of sp³-hybridized carbons (Fsp3) is 0.364. The molecule has 1 saturated heterocycles. The largest absolute Gasteiger partial charge is 0.462 e. The van der Waals surface area contributed by atoms with E-state index in [1.165, 1.54) is 41.2 Å². The molecule has 0 aliphatic carbocycles. The number of aryl methyl sites for hydroxylation is 1. The molecule has 5 heterocycles. The summed E-state index contributed by atoms with van der Waals surface area (Å²) >= 11 is 0. The first-order valence-corrected chi connectivity index (χ1v) is 15.1. The van der Waals surface area contributed by atoms with Crippen LogP contribution in [0.2, 0.25) is 0 Å². The van der Waals surface area contributed by atoms with Crippen LogP contribution in [0.25, 0.3) is 44.1 Å². The first-order valence-electron chi connectivity index (χ1n) is 15.1. The fourth-order valence-electron chi connectivity index (χ4n) is 5.95. The molecule has 0 unspecified atom stereocenters. The highest BCUT2D eigenvalue weighted by atomic mass is 19.3. The van der Waals surface area contributed by atoms with Gasteiger partial charge in [-0.2, -0.15) is 0 Å². The second kappa shape index (κ2) is 11.5. The van der Waals surface area contributed by atoms with Gasteiger partial charge in [0.15, 0.2) is 11.6 Å². The van der Waals surface area contributed by atoms with Gasteiger partial charge in [-0.15, -0.1) is 0 Å². The number of hydrogen-bond acceptors (Lipinski definition) is 8. The predicted molar refractivity (Wildman–Crippen MR) is 172 cm³/mol. The lowest BCUT2D eigenvalue weighted by Crippen LogP contribution is -2.34. The summed E-state index contributed by atoms with van der Waals surface area (Å²) in [4.78, 5) is 53.2. The lowest BCUT2D eigenvalue weighted by molar-refractivity contribution is 0.0257. The molecule has 0 spiro atoms. The lowest BCUT2D eigenvalue weighted by atomic mass is 10.0. The summed E-state index contributed by atoms with van der Waals surface area (Å²) < 4.78 is 72.6. The van der Waals surface area contributed by atoms with Gasteiger partial charge < -0.3 is 23.9 Å². The third kappa shape index (κ3) is 5.56. The number of esters is 1. The van der Waals surface area contributed by atoms with E-state index in [1.54, 1.807) is 34.7 Å². The number of alkyl halides is 2. The molecule has 0 bridgehead atoms. The number of ether oxygens (including phenoxy) is 2. The van der Waals surface area contributed by atoms with Crippen molar-refractivity contribution < 1.29 is 36.6 Å². The van der Waals surface area contributed by atoms with Crippen molar-refractivity contribution in [3.63, 3.8) is 0 Å². The van der Waals surface area contributed by atoms with E-state index in [4.69, 9.17) is 9.47 Å². The van der Waals surface area contributed by atoms with Crippen LogP contribution in [0.15, 0.2) is 35.5 Å². The van der Waals surface area contributed by atoms with Crippen LogP contribution >= 0.6 is 0 Å². The summed E-state index contributed by atoms with van der Waals surface area (Å²) in [6, 6.07) is 2.28. The number of aromatic amines is 1. The number of pyridine rings is 3. The number of carbonyl (C=O) groups excluding carboxylic acids is 2. The highest BCUT2D eigenvalue weighted by Crippen LogP contribution is 2.46. The number of benzene rings is 1. The van der Waals surface area contributed by atoms with Crippen LogP contribution in [0.4, 0.5) is 33.7 Å². The Hall–Kier alpha value is -5.21. The first kappa shape index (κ1) is 32.7. The quantitative estimate of drug-likeness (QED) is 0.171. The summed E-state index contributed by atoms with van der Waals surface area (Å²) in [6.45, 7) is 5.74. The van der Waals surface area contributed by atoms with Gasteiger partial charge in [0.25, 0.3) is 5.92 Å². The van der Waals surface area contributed by atoms with Gasteiger partial charge in [-0.25, -0.2) is 37.1 Å². The molecule has 0 atom stereocenters. The smallest absolute Gasteiger partial charge is 0.414 e. The van der Waals surface area contributed by atoms with Gasteiger partial charge in [0.05, 0.1) is 46.2 Å². The number of fused-ring (bicyclic) bond motifs is 4. The normalized spacial score (nSPS) is 14.7. The van der Waals surface area contributed by atoms with E-state index in [-0.39, 0.29) is 74.2 Å². The van der Waals surface area contributed by atoms with Crippen molar-refractivity contribution in [2.45, 2.75) is 45.6 Å². The van der Waals surface area contributed by atoms with E-state index in [9.17, 15) is 23.2 Å². The molecule has 15 heteroatoms. The minimum Gasteiger partial charge on any atom is -0.462 e. The van der Waals surface area contributed by atoms with Crippen molar-refractivity contribution in [2.75, 3.05) is 36.5 Å². The Morgan fingerprint density at radius 2 is 1.85 bits per heavy atom. The molecular formula is C33H32F4N6O5. The van der Waals surface area contributed by atoms with Crippen molar-refractivity contribution >= 4 is 56.4 Å². The van der Waals surface area contributed by atoms with E-state index < -0.39 is 53.6 Å². The van der Waals surface area contributed by atoms with Gasteiger partial charge in [-0.1, -0.05) is 0 Å².